The quantitative estimate of drug-likeness (QED) is 0.670. The summed E-state index contributed by atoms with van der Waals surface area (Å²) in [5, 5.41) is 12.4. The number of carboxylic acids is 1. The van der Waals surface area contributed by atoms with Crippen LogP contribution < -0.4 is 5.32 Å². The van der Waals surface area contributed by atoms with E-state index in [1.807, 2.05) is 24.3 Å². The second kappa shape index (κ2) is 7.90. The zero-order chi connectivity index (χ0) is 23.2. The van der Waals surface area contributed by atoms with Gasteiger partial charge < -0.3 is 20.1 Å². The molecular weight excluding hydrogens is 420 g/mol. The van der Waals surface area contributed by atoms with Gasteiger partial charge in [-0.15, -0.1) is 0 Å². The predicted octanol–water partition coefficient (Wildman–Crippen LogP) is 3.91. The number of benzene rings is 2. The first kappa shape index (κ1) is 21.5. The van der Waals surface area contributed by atoms with Crippen molar-refractivity contribution in [3.63, 3.8) is 0 Å². The van der Waals surface area contributed by atoms with Crippen LogP contribution in [-0.4, -0.2) is 52.7 Å². The molecule has 0 radical (unpaired) electrons. The molecule has 0 aromatic heterocycles. The number of rotatable bonds is 7. The molecule has 0 unspecified atom stereocenters. The lowest BCUT2D eigenvalue weighted by molar-refractivity contribution is -0.152. The highest BCUT2D eigenvalue weighted by Crippen LogP contribution is 2.45. The molecule has 2 N–H and O–H groups in total. The predicted molar refractivity (Wildman–Crippen MR) is 122 cm³/mol. The number of fused-ring (bicyclic) bond motifs is 3. The number of nitrogens with one attached hydrogen (secondary N) is 1. The molecule has 0 heterocycles. The maximum atomic E-state index is 12.8. The fraction of sp³-hybridized carbons (Fsp3) is 0.423. The van der Waals surface area contributed by atoms with E-state index in [-0.39, 0.29) is 24.9 Å². The molecule has 172 valence electrons. The molecule has 0 spiro atoms. The molecular formula is C26H28N2O5. The summed E-state index contributed by atoms with van der Waals surface area (Å²) in [5.74, 6) is -1.25. The summed E-state index contributed by atoms with van der Waals surface area (Å²) in [7, 11) is 1.54. The van der Waals surface area contributed by atoms with Gasteiger partial charge in [-0.1, -0.05) is 48.5 Å². The van der Waals surface area contributed by atoms with Crippen LogP contribution in [0, 0.1) is 0 Å². The van der Waals surface area contributed by atoms with Gasteiger partial charge in [-0.05, 0) is 54.4 Å². The van der Waals surface area contributed by atoms with E-state index in [1.54, 1.807) is 7.05 Å². The fourth-order valence-electron chi connectivity index (χ4n) is 5.26. The molecule has 7 heteroatoms. The SMILES string of the molecule is CN(C(=O)CC1(NC(=O)OCC2c3ccccc3-c3ccccc32)CCC1)C1(C(=O)O)CC1. The Morgan fingerprint density at radius 3 is 2.06 bits per heavy atom. The summed E-state index contributed by atoms with van der Waals surface area (Å²) >= 11 is 0. The standard InChI is InChI=1S/C26H28N2O5/c1-28(26(13-14-26)23(30)31)22(29)15-25(11-6-12-25)27-24(32)33-16-21-19-9-4-2-7-17(19)18-8-3-5-10-20(18)21/h2-5,7-10,21H,6,11-16H2,1H3,(H,27,32)(H,30,31). The summed E-state index contributed by atoms with van der Waals surface area (Å²) in [5.41, 5.74) is 2.88. The number of carboxylic acid groups (broad SMARTS) is 1. The molecule has 33 heavy (non-hydrogen) atoms. The number of amides is 2. The van der Waals surface area contributed by atoms with E-state index < -0.39 is 23.1 Å². The summed E-state index contributed by atoms with van der Waals surface area (Å²) in [6.45, 7) is 0.214. The zero-order valence-electron chi connectivity index (χ0n) is 18.7. The Hall–Kier alpha value is -3.35. The van der Waals surface area contributed by atoms with Crippen molar-refractivity contribution in [2.24, 2.45) is 0 Å². The van der Waals surface area contributed by atoms with Gasteiger partial charge in [0.05, 0.1) is 12.0 Å². The number of alkyl carbamates (subject to hydrolysis) is 1. The third-order valence-electron chi connectivity index (χ3n) is 7.65. The number of aliphatic carboxylic acids is 1. The molecule has 2 aromatic rings. The van der Waals surface area contributed by atoms with Gasteiger partial charge in [-0.25, -0.2) is 9.59 Å². The van der Waals surface area contributed by atoms with E-state index in [2.05, 4.69) is 29.6 Å². The lowest BCUT2D eigenvalue weighted by Gasteiger charge is -2.42. The van der Waals surface area contributed by atoms with Crippen molar-refractivity contribution in [3.05, 3.63) is 59.7 Å². The van der Waals surface area contributed by atoms with Crippen LogP contribution in [-0.2, 0) is 14.3 Å². The van der Waals surface area contributed by atoms with Gasteiger partial charge in [0.1, 0.15) is 12.1 Å². The molecule has 3 aliphatic carbocycles. The van der Waals surface area contributed by atoms with Gasteiger partial charge in [-0.2, -0.15) is 0 Å². The second-order valence-corrected chi connectivity index (χ2v) is 9.55. The van der Waals surface area contributed by atoms with Gasteiger partial charge in [0.2, 0.25) is 5.91 Å². The van der Waals surface area contributed by atoms with Gasteiger partial charge in [0.25, 0.3) is 0 Å². The molecule has 3 aliphatic rings. The van der Waals surface area contributed by atoms with E-state index in [1.165, 1.54) is 16.0 Å². The average molecular weight is 449 g/mol. The van der Waals surface area contributed by atoms with Gasteiger partial charge in [0.15, 0.2) is 0 Å². The minimum Gasteiger partial charge on any atom is -0.479 e. The van der Waals surface area contributed by atoms with Crippen LogP contribution in [0.1, 0.15) is 55.6 Å². The first-order chi connectivity index (χ1) is 15.9. The normalized spacial score (nSPS) is 18.9. The van der Waals surface area contributed by atoms with Crippen LogP contribution in [0.3, 0.4) is 0 Å². The Morgan fingerprint density at radius 1 is 1.00 bits per heavy atom. The van der Waals surface area contributed by atoms with Crippen LogP contribution in [0.15, 0.2) is 48.5 Å². The molecule has 0 saturated heterocycles. The third kappa shape index (κ3) is 3.65. The fourth-order valence-corrected chi connectivity index (χ4v) is 5.26. The van der Waals surface area contributed by atoms with Gasteiger partial charge in [0, 0.05) is 13.0 Å². The van der Waals surface area contributed by atoms with Crippen LogP contribution >= 0.6 is 0 Å². The van der Waals surface area contributed by atoms with Gasteiger partial charge >= 0.3 is 12.1 Å². The first-order valence-electron chi connectivity index (χ1n) is 11.5. The molecule has 2 fully saturated rings. The lowest BCUT2D eigenvalue weighted by atomic mass is 9.74. The Balaban J connectivity index is 1.23. The van der Waals surface area contributed by atoms with E-state index in [0.717, 1.165) is 17.5 Å². The highest BCUT2D eigenvalue weighted by molar-refractivity contribution is 5.90. The Bertz CT molecular complexity index is 1070. The molecule has 0 aliphatic heterocycles. The third-order valence-corrected chi connectivity index (χ3v) is 7.65. The Morgan fingerprint density at radius 2 is 1.58 bits per heavy atom. The number of hydrogen-bond donors (Lipinski definition) is 2. The van der Waals surface area contributed by atoms with E-state index in [4.69, 9.17) is 4.74 Å². The number of likely N-dealkylation sites (N-methyl/N-ethyl adjacent to an activating group) is 1. The van der Waals surface area contributed by atoms with Crippen molar-refractivity contribution in [2.45, 2.75) is 55.5 Å². The average Bonchev–Trinajstić information content (AvgIpc) is 3.54. The number of hydrogen-bond acceptors (Lipinski definition) is 4. The molecule has 2 aromatic carbocycles. The maximum absolute atomic E-state index is 12.8. The topological polar surface area (TPSA) is 95.9 Å². The summed E-state index contributed by atoms with van der Waals surface area (Å²) in [4.78, 5) is 38.5. The van der Waals surface area contributed by atoms with Crippen molar-refractivity contribution >= 4 is 18.0 Å². The molecule has 0 bridgehead atoms. The van der Waals surface area contributed by atoms with Gasteiger partial charge in [-0.3, -0.25) is 4.79 Å². The van der Waals surface area contributed by atoms with Crippen molar-refractivity contribution in [1.29, 1.82) is 0 Å². The summed E-state index contributed by atoms with van der Waals surface area (Å²) in [6.07, 6.45) is 2.75. The molecule has 2 saturated carbocycles. The van der Waals surface area contributed by atoms with Crippen molar-refractivity contribution in [3.8, 4) is 11.1 Å². The monoisotopic (exact) mass is 448 g/mol. The van der Waals surface area contributed by atoms with E-state index in [9.17, 15) is 19.5 Å². The lowest BCUT2D eigenvalue weighted by Crippen LogP contribution is -2.57. The van der Waals surface area contributed by atoms with Crippen molar-refractivity contribution in [1.82, 2.24) is 10.2 Å². The maximum Gasteiger partial charge on any atom is 0.407 e. The van der Waals surface area contributed by atoms with E-state index in [0.29, 0.717) is 25.7 Å². The van der Waals surface area contributed by atoms with Crippen LogP contribution in [0.25, 0.3) is 11.1 Å². The Kier molecular flexibility index (Phi) is 5.15. The van der Waals surface area contributed by atoms with Crippen LogP contribution in [0.5, 0.6) is 0 Å². The zero-order valence-corrected chi connectivity index (χ0v) is 18.7. The molecule has 7 nitrogen and oxygen atoms in total. The minimum atomic E-state index is -1.08. The van der Waals surface area contributed by atoms with Crippen LogP contribution in [0.4, 0.5) is 4.79 Å². The molecule has 2 amide bonds. The number of nitrogens with zero attached hydrogens (tertiary/aromatic N) is 1. The number of ether oxygens (including phenoxy) is 1. The highest BCUT2D eigenvalue weighted by atomic mass is 16.5. The summed E-state index contributed by atoms with van der Waals surface area (Å²) in [6, 6.07) is 16.3. The largest absolute Gasteiger partial charge is 0.479 e. The van der Waals surface area contributed by atoms with Crippen LogP contribution in [0.2, 0.25) is 0 Å². The number of carbonyl (C=O) groups is 3. The van der Waals surface area contributed by atoms with Crippen molar-refractivity contribution in [2.75, 3.05) is 13.7 Å². The second-order valence-electron chi connectivity index (χ2n) is 9.55. The summed E-state index contributed by atoms with van der Waals surface area (Å²) < 4.78 is 5.66. The van der Waals surface area contributed by atoms with Crippen molar-refractivity contribution < 1.29 is 24.2 Å². The molecule has 0 atom stereocenters. The minimum absolute atomic E-state index is 0.0291. The smallest absolute Gasteiger partial charge is 0.407 e. The van der Waals surface area contributed by atoms with E-state index >= 15 is 0 Å². The Labute approximate surface area is 192 Å². The first-order valence-corrected chi connectivity index (χ1v) is 11.5. The molecule has 5 rings (SSSR count). The number of carbonyl (C=O) groups excluding carboxylic acids is 2. The highest BCUT2D eigenvalue weighted by Gasteiger charge is 2.56.